The molecule has 0 aliphatic heterocycles. The minimum Gasteiger partial charge on any atom is -0.483 e. The van der Waals surface area contributed by atoms with Gasteiger partial charge >= 0.3 is 5.97 Å². The number of unbranched alkanes of at least 4 members (excludes halogenated alkanes) is 2. The first-order chi connectivity index (χ1) is 18.6. The van der Waals surface area contributed by atoms with Gasteiger partial charge in [-0.15, -0.1) is 0 Å². The van der Waals surface area contributed by atoms with Crippen LogP contribution >= 0.6 is 0 Å². The zero-order chi connectivity index (χ0) is 28.8. The Hall–Kier alpha value is -1.06. The number of fused-ring (bicyclic) bond motifs is 7. The summed E-state index contributed by atoms with van der Waals surface area (Å²) >= 11 is 0. The summed E-state index contributed by atoms with van der Waals surface area (Å²) in [5.41, 5.74) is 1.65. The first-order valence-corrected chi connectivity index (χ1v) is 16.8. The lowest BCUT2D eigenvalue weighted by molar-refractivity contribution is -0.201. The Labute approximate surface area is 240 Å². The van der Waals surface area contributed by atoms with Crippen molar-refractivity contribution in [1.29, 1.82) is 0 Å². The van der Waals surface area contributed by atoms with Gasteiger partial charge in [-0.05, 0) is 122 Å². The predicted molar refractivity (Wildman–Crippen MR) is 160 cm³/mol. The summed E-state index contributed by atoms with van der Waals surface area (Å²) in [6, 6.07) is 0. The summed E-state index contributed by atoms with van der Waals surface area (Å²) in [5.74, 6) is 5.17. The second kappa shape index (κ2) is 13.7. The fourth-order valence-corrected chi connectivity index (χ4v) is 11.1. The van der Waals surface area contributed by atoms with Gasteiger partial charge in [-0.3, -0.25) is 9.59 Å². The highest BCUT2D eigenvalue weighted by atomic mass is 16.5. The first-order valence-electron chi connectivity index (χ1n) is 16.8. The van der Waals surface area contributed by atoms with Crippen LogP contribution in [0.4, 0.5) is 0 Å². The number of hydrogen-bond acceptors (Lipinski definition) is 3. The highest BCUT2D eigenvalue weighted by molar-refractivity contribution is 5.69. The Morgan fingerprint density at radius 3 is 2.13 bits per heavy atom. The van der Waals surface area contributed by atoms with Crippen LogP contribution in [0.25, 0.3) is 0 Å². The van der Waals surface area contributed by atoms with Crippen molar-refractivity contribution in [3.63, 3.8) is 0 Å². The van der Waals surface area contributed by atoms with E-state index in [9.17, 15) is 4.79 Å². The lowest BCUT2D eigenvalue weighted by Gasteiger charge is -2.67. The molecular formula is C35H62O4. The molecule has 5 aliphatic rings. The lowest BCUT2D eigenvalue weighted by Crippen LogP contribution is -2.61. The third-order valence-corrected chi connectivity index (χ3v) is 12.7. The van der Waals surface area contributed by atoms with E-state index in [4.69, 9.17) is 14.6 Å². The molecule has 39 heavy (non-hydrogen) atoms. The monoisotopic (exact) mass is 546 g/mol. The van der Waals surface area contributed by atoms with Crippen molar-refractivity contribution < 1.29 is 19.4 Å². The van der Waals surface area contributed by atoms with E-state index in [2.05, 4.69) is 48.5 Å². The number of esters is 1. The molecule has 10 atom stereocenters. The fraction of sp³-hybridized carbons (Fsp3) is 0.943. The average Bonchev–Trinajstić information content (AvgIpc) is 3.29. The molecule has 4 heteroatoms. The van der Waals surface area contributed by atoms with Crippen molar-refractivity contribution >= 4 is 12.4 Å². The molecule has 0 bridgehead atoms. The second-order valence-electron chi connectivity index (χ2n) is 14.9. The summed E-state index contributed by atoms with van der Waals surface area (Å²) in [6.45, 7) is 16.7. The molecule has 5 aliphatic carbocycles. The van der Waals surface area contributed by atoms with E-state index in [0.29, 0.717) is 28.6 Å². The molecule has 5 rings (SSSR count). The van der Waals surface area contributed by atoms with Crippen LogP contribution in [-0.4, -0.2) is 23.7 Å². The van der Waals surface area contributed by atoms with Gasteiger partial charge in [0.2, 0.25) is 0 Å². The highest BCUT2D eigenvalue weighted by Crippen LogP contribution is 2.71. The van der Waals surface area contributed by atoms with Crippen LogP contribution in [0.5, 0.6) is 0 Å². The molecule has 0 amide bonds. The normalized spacial score (nSPS) is 44.0. The van der Waals surface area contributed by atoms with Gasteiger partial charge in [0.1, 0.15) is 6.10 Å². The summed E-state index contributed by atoms with van der Waals surface area (Å²) in [4.78, 5) is 20.9. The molecule has 0 saturated heterocycles. The smallest absolute Gasteiger partial charge is 0.306 e. The van der Waals surface area contributed by atoms with Gasteiger partial charge in [0.25, 0.3) is 6.47 Å². The molecule has 1 N–H and O–H groups in total. The Bertz CT molecular complexity index is 796. The molecule has 0 aromatic carbocycles. The Kier molecular flexibility index (Phi) is 11.4. The summed E-state index contributed by atoms with van der Waals surface area (Å²) in [6.07, 6.45) is 20.9. The largest absolute Gasteiger partial charge is 0.483 e. The number of hydrogen-bond donors (Lipinski definition) is 1. The standard InChI is InChI=1S/C31H52O2.C3H8.CH2O2/c1-6-7-8-11-28(32)33-26-16-20-30(4)23(21(26)2)15-19-31(5)25-14-18-29(3)17-9-10-24(29)22(25)12-13-27(30)31;1-3-2;2-1-3/h21-27H,6-20H2,1-5H3;3H2,1-2H3;1H,(H,2,3). The van der Waals surface area contributed by atoms with Crippen LogP contribution in [0.1, 0.15) is 151 Å². The Morgan fingerprint density at radius 1 is 0.846 bits per heavy atom. The van der Waals surface area contributed by atoms with E-state index in [1.165, 1.54) is 70.6 Å². The maximum absolute atomic E-state index is 12.5. The van der Waals surface area contributed by atoms with E-state index < -0.39 is 0 Å². The van der Waals surface area contributed by atoms with Gasteiger partial charge in [-0.1, -0.05) is 74.1 Å². The molecule has 0 aromatic heterocycles. The maximum atomic E-state index is 12.5. The van der Waals surface area contributed by atoms with Gasteiger partial charge in [0.15, 0.2) is 0 Å². The molecule has 0 aromatic rings. The van der Waals surface area contributed by atoms with Crippen LogP contribution in [0, 0.1) is 51.8 Å². The zero-order valence-electron chi connectivity index (χ0n) is 26.6. The lowest BCUT2D eigenvalue weighted by atomic mass is 9.38. The van der Waals surface area contributed by atoms with Crippen LogP contribution in [-0.2, 0) is 14.3 Å². The van der Waals surface area contributed by atoms with Gasteiger partial charge < -0.3 is 9.84 Å². The molecule has 0 heterocycles. The molecule has 10 unspecified atom stereocenters. The summed E-state index contributed by atoms with van der Waals surface area (Å²) < 4.78 is 6.11. The Morgan fingerprint density at radius 2 is 1.46 bits per heavy atom. The molecule has 5 fully saturated rings. The van der Waals surface area contributed by atoms with E-state index in [1.807, 2.05) is 0 Å². The van der Waals surface area contributed by atoms with E-state index in [-0.39, 0.29) is 18.5 Å². The minimum absolute atomic E-state index is 0.0619. The zero-order valence-corrected chi connectivity index (χ0v) is 26.6. The fourth-order valence-electron chi connectivity index (χ4n) is 11.1. The second-order valence-corrected chi connectivity index (χ2v) is 14.9. The van der Waals surface area contributed by atoms with Crippen molar-refractivity contribution in [1.82, 2.24) is 0 Å². The quantitative estimate of drug-likeness (QED) is 0.212. The third-order valence-electron chi connectivity index (χ3n) is 12.7. The van der Waals surface area contributed by atoms with Crippen LogP contribution in [0.3, 0.4) is 0 Å². The van der Waals surface area contributed by atoms with Crippen molar-refractivity contribution in [3.05, 3.63) is 0 Å². The van der Waals surface area contributed by atoms with E-state index in [0.717, 1.165) is 55.3 Å². The number of rotatable bonds is 5. The number of ether oxygens (including phenoxy) is 1. The van der Waals surface area contributed by atoms with Gasteiger partial charge in [-0.25, -0.2) is 0 Å². The maximum Gasteiger partial charge on any atom is 0.306 e. The topological polar surface area (TPSA) is 63.6 Å². The summed E-state index contributed by atoms with van der Waals surface area (Å²) in [7, 11) is 0. The molecular weight excluding hydrogens is 484 g/mol. The van der Waals surface area contributed by atoms with Gasteiger partial charge in [0, 0.05) is 6.42 Å². The highest BCUT2D eigenvalue weighted by Gasteiger charge is 2.64. The van der Waals surface area contributed by atoms with Crippen LogP contribution in [0.15, 0.2) is 0 Å². The number of carbonyl (C=O) groups excluding carboxylic acids is 1. The summed E-state index contributed by atoms with van der Waals surface area (Å²) in [5, 5.41) is 6.89. The number of carbonyl (C=O) groups is 2. The van der Waals surface area contributed by atoms with Crippen LogP contribution < -0.4 is 0 Å². The SMILES string of the molecule is CCC.CCCCCC(=O)OC1CCC2(C)C(CCC3(C)C4CCC5(C)CCCC5C4CCC23)C1C.O=CO. The number of carboxylic acid groups (broad SMARTS) is 1. The third kappa shape index (κ3) is 6.40. The van der Waals surface area contributed by atoms with Crippen molar-refractivity contribution in [3.8, 4) is 0 Å². The minimum atomic E-state index is -0.250. The van der Waals surface area contributed by atoms with Crippen molar-refractivity contribution in [2.24, 2.45) is 51.8 Å². The van der Waals surface area contributed by atoms with Crippen LogP contribution in [0.2, 0.25) is 0 Å². The van der Waals surface area contributed by atoms with Crippen molar-refractivity contribution in [2.75, 3.05) is 0 Å². The predicted octanol–water partition coefficient (Wildman–Crippen LogP) is 9.69. The molecule has 4 nitrogen and oxygen atoms in total. The van der Waals surface area contributed by atoms with E-state index in [1.54, 1.807) is 0 Å². The van der Waals surface area contributed by atoms with Gasteiger partial charge in [0.05, 0.1) is 0 Å². The van der Waals surface area contributed by atoms with Crippen molar-refractivity contribution in [2.45, 2.75) is 157 Å². The van der Waals surface area contributed by atoms with E-state index >= 15 is 0 Å². The molecule has 0 spiro atoms. The molecule has 5 saturated carbocycles. The average molecular weight is 547 g/mol. The van der Waals surface area contributed by atoms with Gasteiger partial charge in [-0.2, -0.15) is 0 Å². The Balaban J connectivity index is 0.000000643. The molecule has 0 radical (unpaired) electrons. The first kappa shape index (κ1) is 32.5. The molecule has 226 valence electrons.